The maximum Gasteiger partial charge on any atom is 0.410 e. The Balaban J connectivity index is 1.60. The van der Waals surface area contributed by atoms with E-state index in [1.165, 1.54) is 38.8 Å². The third-order valence-corrected chi connectivity index (χ3v) is 5.52. The third-order valence-electron chi connectivity index (χ3n) is 5.52. The first kappa shape index (κ1) is 18.2. The van der Waals surface area contributed by atoms with E-state index in [1.807, 2.05) is 23.1 Å². The number of ether oxygens (including phenoxy) is 1. The predicted octanol–water partition coefficient (Wildman–Crippen LogP) is 4.47. The Morgan fingerprint density at radius 2 is 1.72 bits per heavy atom. The van der Waals surface area contributed by atoms with Crippen molar-refractivity contribution in [3.8, 4) is 0 Å². The molecular formula is C21H32N2O2. The molecular weight excluding hydrogens is 312 g/mol. The van der Waals surface area contributed by atoms with Crippen molar-refractivity contribution in [2.24, 2.45) is 5.92 Å². The normalized spacial score (nSPS) is 25.2. The lowest BCUT2D eigenvalue weighted by Crippen LogP contribution is -2.40. The SMILES string of the molecule is CC(C)C1C(c2ccccc2)OC(=O)N1CCCN1CCCCCC1. The monoisotopic (exact) mass is 344 g/mol. The van der Waals surface area contributed by atoms with E-state index in [0.717, 1.165) is 25.1 Å². The van der Waals surface area contributed by atoms with Crippen molar-refractivity contribution in [1.82, 2.24) is 9.80 Å². The number of cyclic esters (lactones) is 1. The number of carbonyl (C=O) groups excluding carboxylic acids is 1. The Morgan fingerprint density at radius 1 is 1.04 bits per heavy atom. The van der Waals surface area contributed by atoms with Gasteiger partial charge in [0.15, 0.2) is 0 Å². The molecule has 2 aliphatic heterocycles. The van der Waals surface area contributed by atoms with Gasteiger partial charge in [-0.2, -0.15) is 0 Å². The summed E-state index contributed by atoms with van der Waals surface area (Å²) < 4.78 is 5.77. The van der Waals surface area contributed by atoms with Gasteiger partial charge in [-0.25, -0.2) is 4.79 Å². The molecule has 0 aliphatic carbocycles. The van der Waals surface area contributed by atoms with E-state index in [0.29, 0.717) is 5.92 Å². The first-order valence-electron chi connectivity index (χ1n) is 9.91. The summed E-state index contributed by atoms with van der Waals surface area (Å²) in [7, 11) is 0. The minimum absolute atomic E-state index is 0.124. The summed E-state index contributed by atoms with van der Waals surface area (Å²) in [6.45, 7) is 8.68. The van der Waals surface area contributed by atoms with Crippen LogP contribution >= 0.6 is 0 Å². The highest BCUT2D eigenvalue weighted by Crippen LogP contribution is 2.36. The van der Waals surface area contributed by atoms with Crippen LogP contribution in [0.5, 0.6) is 0 Å². The van der Waals surface area contributed by atoms with Gasteiger partial charge in [0.2, 0.25) is 0 Å². The topological polar surface area (TPSA) is 32.8 Å². The van der Waals surface area contributed by atoms with Crippen LogP contribution in [0.25, 0.3) is 0 Å². The van der Waals surface area contributed by atoms with Crippen LogP contribution in [0.3, 0.4) is 0 Å². The molecule has 0 spiro atoms. The van der Waals surface area contributed by atoms with E-state index >= 15 is 0 Å². The van der Waals surface area contributed by atoms with Crippen LogP contribution in [0.15, 0.2) is 30.3 Å². The van der Waals surface area contributed by atoms with Gasteiger partial charge in [0.25, 0.3) is 0 Å². The number of rotatable bonds is 6. The number of nitrogens with zero attached hydrogens (tertiary/aromatic N) is 2. The molecule has 0 aromatic heterocycles. The molecule has 2 aliphatic rings. The summed E-state index contributed by atoms with van der Waals surface area (Å²) in [6, 6.07) is 10.3. The highest BCUT2D eigenvalue weighted by molar-refractivity contribution is 5.71. The maximum atomic E-state index is 12.5. The lowest BCUT2D eigenvalue weighted by Gasteiger charge is -2.29. The van der Waals surface area contributed by atoms with Crippen LogP contribution in [-0.2, 0) is 4.74 Å². The van der Waals surface area contributed by atoms with Gasteiger partial charge in [0.05, 0.1) is 6.04 Å². The summed E-state index contributed by atoms with van der Waals surface area (Å²) in [5, 5.41) is 0. The Morgan fingerprint density at radius 3 is 2.36 bits per heavy atom. The minimum Gasteiger partial charge on any atom is -0.439 e. The molecule has 2 heterocycles. The zero-order valence-corrected chi connectivity index (χ0v) is 15.7. The van der Waals surface area contributed by atoms with Crippen molar-refractivity contribution in [3.05, 3.63) is 35.9 Å². The zero-order valence-electron chi connectivity index (χ0n) is 15.7. The zero-order chi connectivity index (χ0) is 17.6. The number of carbonyl (C=O) groups is 1. The molecule has 2 fully saturated rings. The van der Waals surface area contributed by atoms with E-state index in [4.69, 9.17) is 4.74 Å². The van der Waals surface area contributed by atoms with Gasteiger partial charge in [0, 0.05) is 6.54 Å². The Kier molecular flexibility index (Phi) is 6.35. The molecule has 4 heteroatoms. The molecule has 0 bridgehead atoms. The summed E-state index contributed by atoms with van der Waals surface area (Å²) in [6.07, 6.45) is 6.09. The fourth-order valence-electron chi connectivity index (χ4n) is 4.21. The Hall–Kier alpha value is -1.55. The average molecular weight is 344 g/mol. The standard InChI is InChI=1S/C21H32N2O2/c1-17(2)19-20(18-11-6-5-7-12-18)25-21(24)23(19)16-10-15-22-13-8-3-4-9-14-22/h5-7,11-12,17,19-20H,3-4,8-10,13-16H2,1-2H3. The number of hydrogen-bond donors (Lipinski definition) is 0. The number of likely N-dealkylation sites (tertiary alicyclic amines) is 1. The molecule has 4 nitrogen and oxygen atoms in total. The summed E-state index contributed by atoms with van der Waals surface area (Å²) >= 11 is 0. The lowest BCUT2D eigenvalue weighted by atomic mass is 9.93. The molecule has 2 saturated heterocycles. The van der Waals surface area contributed by atoms with Crippen molar-refractivity contribution in [3.63, 3.8) is 0 Å². The smallest absolute Gasteiger partial charge is 0.410 e. The lowest BCUT2D eigenvalue weighted by molar-refractivity contribution is 0.126. The van der Waals surface area contributed by atoms with Crippen molar-refractivity contribution in [1.29, 1.82) is 0 Å². The van der Waals surface area contributed by atoms with E-state index in [-0.39, 0.29) is 18.2 Å². The summed E-state index contributed by atoms with van der Waals surface area (Å²) in [5.41, 5.74) is 1.10. The van der Waals surface area contributed by atoms with E-state index in [2.05, 4.69) is 30.9 Å². The van der Waals surface area contributed by atoms with Crippen LogP contribution in [0, 0.1) is 5.92 Å². The van der Waals surface area contributed by atoms with E-state index < -0.39 is 0 Å². The van der Waals surface area contributed by atoms with E-state index in [1.54, 1.807) is 0 Å². The van der Waals surface area contributed by atoms with Crippen LogP contribution in [0.4, 0.5) is 4.79 Å². The second-order valence-corrected chi connectivity index (χ2v) is 7.75. The largest absolute Gasteiger partial charge is 0.439 e. The highest BCUT2D eigenvalue weighted by atomic mass is 16.6. The minimum atomic E-state index is -0.150. The van der Waals surface area contributed by atoms with Crippen molar-refractivity contribution >= 4 is 6.09 Å². The molecule has 138 valence electrons. The summed E-state index contributed by atoms with van der Waals surface area (Å²) in [5.74, 6) is 0.370. The van der Waals surface area contributed by atoms with Gasteiger partial charge < -0.3 is 14.5 Å². The number of benzene rings is 1. The number of hydrogen-bond acceptors (Lipinski definition) is 3. The fourth-order valence-corrected chi connectivity index (χ4v) is 4.21. The second-order valence-electron chi connectivity index (χ2n) is 7.75. The third kappa shape index (κ3) is 4.55. The number of amides is 1. The van der Waals surface area contributed by atoms with Crippen LogP contribution < -0.4 is 0 Å². The van der Waals surface area contributed by atoms with Crippen molar-refractivity contribution in [2.75, 3.05) is 26.2 Å². The summed E-state index contributed by atoms with van der Waals surface area (Å²) in [4.78, 5) is 17.0. The van der Waals surface area contributed by atoms with Crippen molar-refractivity contribution in [2.45, 2.75) is 58.1 Å². The van der Waals surface area contributed by atoms with Gasteiger partial charge in [-0.05, 0) is 50.4 Å². The molecule has 1 amide bonds. The molecule has 3 rings (SSSR count). The first-order chi connectivity index (χ1) is 12.2. The van der Waals surface area contributed by atoms with Gasteiger partial charge >= 0.3 is 6.09 Å². The van der Waals surface area contributed by atoms with Crippen molar-refractivity contribution < 1.29 is 9.53 Å². The molecule has 0 saturated carbocycles. The molecule has 2 unspecified atom stereocenters. The molecule has 0 radical (unpaired) electrons. The molecule has 1 aromatic carbocycles. The Labute approximate surface area is 152 Å². The highest BCUT2D eigenvalue weighted by Gasteiger charge is 2.43. The Bertz CT molecular complexity index is 538. The maximum absolute atomic E-state index is 12.5. The van der Waals surface area contributed by atoms with Gasteiger partial charge in [0.1, 0.15) is 6.10 Å². The molecule has 1 aromatic rings. The van der Waals surface area contributed by atoms with Gasteiger partial charge in [-0.3, -0.25) is 0 Å². The van der Waals surface area contributed by atoms with Gasteiger partial charge in [-0.1, -0.05) is 57.0 Å². The van der Waals surface area contributed by atoms with Crippen LogP contribution in [0.1, 0.15) is 57.6 Å². The fraction of sp³-hybridized carbons (Fsp3) is 0.667. The molecule has 0 N–H and O–H groups in total. The molecule has 2 atom stereocenters. The molecule has 25 heavy (non-hydrogen) atoms. The first-order valence-corrected chi connectivity index (χ1v) is 9.91. The van der Waals surface area contributed by atoms with Gasteiger partial charge in [-0.15, -0.1) is 0 Å². The predicted molar refractivity (Wildman–Crippen MR) is 101 cm³/mol. The second kappa shape index (κ2) is 8.70. The van der Waals surface area contributed by atoms with E-state index in [9.17, 15) is 4.79 Å². The average Bonchev–Trinajstić information content (AvgIpc) is 2.78. The van der Waals surface area contributed by atoms with Crippen LogP contribution in [0.2, 0.25) is 0 Å². The van der Waals surface area contributed by atoms with Crippen LogP contribution in [-0.4, -0.2) is 48.1 Å². The quantitative estimate of drug-likeness (QED) is 0.763.